The summed E-state index contributed by atoms with van der Waals surface area (Å²) in [5, 5.41) is 0. The Balaban J connectivity index is 3.45. The average molecular weight is 190 g/mol. The molecule has 0 aliphatic heterocycles. The van der Waals surface area contributed by atoms with Gasteiger partial charge in [-0.2, -0.15) is 0 Å². The van der Waals surface area contributed by atoms with Gasteiger partial charge in [0.25, 0.3) is 0 Å². The number of hydrogen-bond acceptors (Lipinski definition) is 4. The minimum atomic E-state index is -0.282. The number of carbonyl (C=O) groups is 1. The van der Waals surface area contributed by atoms with Crippen LogP contribution in [0.5, 0.6) is 0 Å². The first-order valence-electron chi connectivity index (χ1n) is 4.34. The molecule has 0 aromatic rings. The summed E-state index contributed by atoms with van der Waals surface area (Å²) < 4.78 is 15.1. The van der Waals surface area contributed by atoms with Crippen LogP contribution in [0, 0.1) is 0 Å². The third-order valence-corrected chi connectivity index (χ3v) is 1.38. The molecule has 0 bridgehead atoms. The SMILES string of the molecule is COC[C@@H](C)OC[C@@H](C)OC(C)=O. The van der Waals surface area contributed by atoms with Crippen molar-refractivity contribution in [2.45, 2.75) is 33.0 Å². The molecule has 0 radical (unpaired) electrons. The molecule has 78 valence electrons. The maximum atomic E-state index is 10.5. The lowest BCUT2D eigenvalue weighted by molar-refractivity contribution is -0.149. The molecule has 2 atom stereocenters. The van der Waals surface area contributed by atoms with Crippen LogP contribution in [0.4, 0.5) is 0 Å². The topological polar surface area (TPSA) is 44.8 Å². The lowest BCUT2D eigenvalue weighted by atomic mass is 10.4. The highest BCUT2D eigenvalue weighted by atomic mass is 16.6. The van der Waals surface area contributed by atoms with Gasteiger partial charge >= 0.3 is 5.97 Å². The normalized spacial score (nSPS) is 15.1. The van der Waals surface area contributed by atoms with Crippen molar-refractivity contribution in [3.05, 3.63) is 0 Å². The van der Waals surface area contributed by atoms with Crippen molar-refractivity contribution in [2.75, 3.05) is 20.3 Å². The van der Waals surface area contributed by atoms with E-state index in [0.717, 1.165) is 0 Å². The molecule has 0 heterocycles. The molecule has 13 heavy (non-hydrogen) atoms. The summed E-state index contributed by atoms with van der Waals surface area (Å²) in [4.78, 5) is 10.5. The third-order valence-electron chi connectivity index (χ3n) is 1.38. The number of carbonyl (C=O) groups excluding carboxylic acids is 1. The maximum Gasteiger partial charge on any atom is 0.302 e. The van der Waals surface area contributed by atoms with E-state index in [-0.39, 0.29) is 18.2 Å². The highest BCUT2D eigenvalue weighted by Gasteiger charge is 2.08. The Kier molecular flexibility index (Phi) is 6.54. The summed E-state index contributed by atoms with van der Waals surface area (Å²) in [6.45, 7) is 6.04. The second-order valence-corrected chi connectivity index (χ2v) is 3.02. The van der Waals surface area contributed by atoms with Crippen molar-refractivity contribution in [1.29, 1.82) is 0 Å². The Morgan fingerprint density at radius 1 is 1.23 bits per heavy atom. The molecule has 0 aliphatic rings. The first kappa shape index (κ1) is 12.4. The van der Waals surface area contributed by atoms with Crippen molar-refractivity contribution in [2.24, 2.45) is 0 Å². The van der Waals surface area contributed by atoms with Crippen molar-refractivity contribution in [1.82, 2.24) is 0 Å². The molecule has 0 rings (SSSR count). The van der Waals surface area contributed by atoms with Gasteiger partial charge in [0.1, 0.15) is 6.10 Å². The fourth-order valence-electron chi connectivity index (χ4n) is 0.900. The predicted octanol–water partition coefficient (Wildman–Crippen LogP) is 0.990. The minimum absolute atomic E-state index is 0.0306. The number of methoxy groups -OCH3 is 1. The molecule has 0 unspecified atom stereocenters. The lowest BCUT2D eigenvalue weighted by Gasteiger charge is -2.16. The van der Waals surface area contributed by atoms with Gasteiger partial charge in [-0.25, -0.2) is 0 Å². The molecule has 0 aromatic carbocycles. The molecule has 0 amide bonds. The highest BCUT2D eigenvalue weighted by molar-refractivity contribution is 5.66. The van der Waals surface area contributed by atoms with Crippen LogP contribution in [0.25, 0.3) is 0 Å². The van der Waals surface area contributed by atoms with Crippen LogP contribution < -0.4 is 0 Å². The zero-order valence-corrected chi connectivity index (χ0v) is 8.70. The van der Waals surface area contributed by atoms with Crippen molar-refractivity contribution < 1.29 is 19.0 Å². The van der Waals surface area contributed by atoms with Gasteiger partial charge in [0.05, 0.1) is 19.3 Å². The van der Waals surface area contributed by atoms with Crippen LogP contribution in [0.3, 0.4) is 0 Å². The fourth-order valence-corrected chi connectivity index (χ4v) is 0.900. The summed E-state index contributed by atoms with van der Waals surface area (Å²) in [6.07, 6.45) is -0.167. The molecule has 4 nitrogen and oxygen atoms in total. The van der Waals surface area contributed by atoms with Gasteiger partial charge < -0.3 is 14.2 Å². The van der Waals surface area contributed by atoms with Gasteiger partial charge in [0.2, 0.25) is 0 Å². The van der Waals surface area contributed by atoms with Gasteiger partial charge in [0.15, 0.2) is 0 Å². The largest absolute Gasteiger partial charge is 0.460 e. The van der Waals surface area contributed by atoms with Crippen LogP contribution in [0.1, 0.15) is 20.8 Å². The van der Waals surface area contributed by atoms with Crippen LogP contribution in [-0.2, 0) is 19.0 Å². The molecule has 0 aromatic heterocycles. The van der Waals surface area contributed by atoms with E-state index in [1.54, 1.807) is 14.0 Å². The summed E-state index contributed by atoms with van der Waals surface area (Å²) in [6, 6.07) is 0. The van der Waals surface area contributed by atoms with Crippen LogP contribution in [0.2, 0.25) is 0 Å². The van der Waals surface area contributed by atoms with Crippen molar-refractivity contribution in [3.63, 3.8) is 0 Å². The molecular weight excluding hydrogens is 172 g/mol. The third kappa shape index (κ3) is 7.74. The Labute approximate surface area is 79.2 Å². The Morgan fingerprint density at radius 3 is 2.31 bits per heavy atom. The zero-order chi connectivity index (χ0) is 10.3. The Morgan fingerprint density at radius 2 is 1.85 bits per heavy atom. The van der Waals surface area contributed by atoms with E-state index >= 15 is 0 Å². The predicted molar refractivity (Wildman–Crippen MR) is 48.5 cm³/mol. The van der Waals surface area contributed by atoms with E-state index < -0.39 is 0 Å². The Hall–Kier alpha value is -0.610. The van der Waals surface area contributed by atoms with Gasteiger partial charge in [-0.1, -0.05) is 0 Å². The Bertz CT molecular complexity index is 147. The minimum Gasteiger partial charge on any atom is -0.460 e. The van der Waals surface area contributed by atoms with Crippen LogP contribution >= 0.6 is 0 Å². The number of hydrogen-bond donors (Lipinski definition) is 0. The lowest BCUT2D eigenvalue weighted by Crippen LogP contribution is -2.24. The van der Waals surface area contributed by atoms with E-state index in [2.05, 4.69) is 0 Å². The van der Waals surface area contributed by atoms with Crippen LogP contribution in [0.15, 0.2) is 0 Å². The van der Waals surface area contributed by atoms with Crippen molar-refractivity contribution >= 4 is 5.97 Å². The summed E-state index contributed by atoms with van der Waals surface area (Å²) >= 11 is 0. The molecule has 0 fully saturated rings. The van der Waals surface area contributed by atoms with E-state index in [1.165, 1.54) is 6.92 Å². The first-order chi connectivity index (χ1) is 6.06. The molecule has 0 aliphatic carbocycles. The molecular formula is C9H18O4. The molecule has 0 N–H and O–H groups in total. The highest BCUT2D eigenvalue weighted by Crippen LogP contribution is 1.97. The number of ether oxygens (including phenoxy) is 3. The molecule has 0 saturated heterocycles. The van der Waals surface area contributed by atoms with Crippen LogP contribution in [-0.4, -0.2) is 38.5 Å². The first-order valence-corrected chi connectivity index (χ1v) is 4.34. The van der Waals surface area contributed by atoms with E-state index in [1.807, 2.05) is 6.92 Å². The van der Waals surface area contributed by atoms with Gasteiger partial charge in [-0.05, 0) is 13.8 Å². The molecule has 0 saturated carbocycles. The van der Waals surface area contributed by atoms with E-state index in [4.69, 9.17) is 14.2 Å². The monoisotopic (exact) mass is 190 g/mol. The summed E-state index contributed by atoms with van der Waals surface area (Å²) in [5.74, 6) is -0.282. The van der Waals surface area contributed by atoms with E-state index in [0.29, 0.717) is 13.2 Å². The fraction of sp³-hybridized carbons (Fsp3) is 0.889. The zero-order valence-electron chi connectivity index (χ0n) is 8.70. The summed E-state index contributed by atoms with van der Waals surface area (Å²) in [5.41, 5.74) is 0. The second kappa shape index (κ2) is 6.86. The smallest absolute Gasteiger partial charge is 0.302 e. The van der Waals surface area contributed by atoms with Gasteiger partial charge in [-0.15, -0.1) is 0 Å². The summed E-state index contributed by atoms with van der Waals surface area (Å²) in [7, 11) is 1.62. The van der Waals surface area contributed by atoms with Gasteiger partial charge in [0, 0.05) is 14.0 Å². The number of rotatable bonds is 6. The second-order valence-electron chi connectivity index (χ2n) is 3.02. The average Bonchev–Trinajstić information content (AvgIpc) is 2.00. The molecule has 4 heteroatoms. The quantitative estimate of drug-likeness (QED) is 0.586. The number of esters is 1. The molecule has 0 spiro atoms. The van der Waals surface area contributed by atoms with Crippen molar-refractivity contribution in [3.8, 4) is 0 Å². The standard InChI is InChI=1S/C9H18O4/c1-7(5-11-4)12-6-8(2)13-9(3)10/h7-8H,5-6H2,1-4H3/t7-,8-/m1/s1. The van der Waals surface area contributed by atoms with E-state index in [9.17, 15) is 4.79 Å². The maximum absolute atomic E-state index is 10.5. The van der Waals surface area contributed by atoms with Gasteiger partial charge in [-0.3, -0.25) is 4.79 Å².